The second-order valence-corrected chi connectivity index (χ2v) is 5.31. The molecule has 2 aliphatic rings. The van der Waals surface area contributed by atoms with Gasteiger partial charge in [0.15, 0.2) is 0 Å². The predicted octanol–water partition coefficient (Wildman–Crippen LogP) is 1.29. The van der Waals surface area contributed by atoms with Crippen molar-refractivity contribution in [3.05, 3.63) is 0 Å². The number of piperidine rings is 1. The Morgan fingerprint density at radius 3 is 2.44 bits per heavy atom. The molecular formula is C13H27N3. The van der Waals surface area contributed by atoms with Crippen LogP contribution in [0.15, 0.2) is 0 Å². The third-order valence-electron chi connectivity index (χ3n) is 4.15. The maximum Gasteiger partial charge on any atom is 0.0112 e. The predicted molar refractivity (Wildman–Crippen MR) is 68.6 cm³/mol. The molecule has 2 saturated heterocycles. The molecule has 2 aliphatic heterocycles. The van der Waals surface area contributed by atoms with E-state index in [1.54, 1.807) is 0 Å². The van der Waals surface area contributed by atoms with Gasteiger partial charge in [-0.25, -0.2) is 0 Å². The molecule has 0 saturated carbocycles. The van der Waals surface area contributed by atoms with E-state index >= 15 is 0 Å². The van der Waals surface area contributed by atoms with Crippen molar-refractivity contribution in [1.29, 1.82) is 0 Å². The Morgan fingerprint density at radius 2 is 1.69 bits per heavy atom. The maximum atomic E-state index is 5.70. The lowest BCUT2D eigenvalue weighted by molar-refractivity contribution is 0.126. The van der Waals surface area contributed by atoms with Gasteiger partial charge in [-0.1, -0.05) is 6.42 Å². The SMILES string of the molecule is NCCC1CCCCN1CCN1CCCC1. The second kappa shape index (κ2) is 6.58. The normalized spacial score (nSPS) is 28.7. The number of hydrogen-bond donors (Lipinski definition) is 1. The van der Waals surface area contributed by atoms with Crippen molar-refractivity contribution in [1.82, 2.24) is 9.80 Å². The van der Waals surface area contributed by atoms with Crippen LogP contribution in [0.4, 0.5) is 0 Å². The molecule has 2 heterocycles. The smallest absolute Gasteiger partial charge is 0.0112 e. The molecule has 3 nitrogen and oxygen atoms in total. The monoisotopic (exact) mass is 225 g/mol. The molecule has 2 fully saturated rings. The highest BCUT2D eigenvalue weighted by atomic mass is 15.2. The Morgan fingerprint density at radius 1 is 0.938 bits per heavy atom. The minimum absolute atomic E-state index is 0.779. The maximum absolute atomic E-state index is 5.70. The van der Waals surface area contributed by atoms with E-state index < -0.39 is 0 Å². The molecule has 16 heavy (non-hydrogen) atoms. The molecular weight excluding hydrogens is 198 g/mol. The summed E-state index contributed by atoms with van der Waals surface area (Å²) in [6.07, 6.45) is 8.18. The number of hydrogen-bond acceptors (Lipinski definition) is 3. The van der Waals surface area contributed by atoms with Crippen LogP contribution in [0.25, 0.3) is 0 Å². The van der Waals surface area contributed by atoms with E-state index in [2.05, 4.69) is 9.80 Å². The fourth-order valence-electron chi connectivity index (χ4n) is 3.15. The molecule has 1 unspecified atom stereocenters. The number of rotatable bonds is 5. The number of nitrogens with zero attached hydrogens (tertiary/aromatic N) is 2. The molecule has 3 heteroatoms. The molecule has 0 amide bonds. The van der Waals surface area contributed by atoms with Crippen LogP contribution >= 0.6 is 0 Å². The summed E-state index contributed by atoms with van der Waals surface area (Å²) in [6, 6.07) is 0.779. The highest BCUT2D eigenvalue weighted by Crippen LogP contribution is 2.19. The number of nitrogens with two attached hydrogens (primary N) is 1. The lowest BCUT2D eigenvalue weighted by Gasteiger charge is -2.36. The molecule has 1 atom stereocenters. The van der Waals surface area contributed by atoms with Gasteiger partial charge in [0.2, 0.25) is 0 Å². The van der Waals surface area contributed by atoms with Gasteiger partial charge in [0.05, 0.1) is 0 Å². The zero-order valence-electron chi connectivity index (χ0n) is 10.5. The standard InChI is InChI=1S/C13H27N3/c14-7-6-13-5-1-2-10-16(13)12-11-15-8-3-4-9-15/h13H,1-12,14H2. The van der Waals surface area contributed by atoms with E-state index in [1.807, 2.05) is 0 Å². The first-order valence-corrected chi connectivity index (χ1v) is 7.06. The Balaban J connectivity index is 1.72. The average Bonchev–Trinajstić information content (AvgIpc) is 2.81. The van der Waals surface area contributed by atoms with E-state index in [9.17, 15) is 0 Å². The average molecular weight is 225 g/mol. The van der Waals surface area contributed by atoms with E-state index in [0.717, 1.165) is 12.6 Å². The van der Waals surface area contributed by atoms with Crippen LogP contribution in [0.1, 0.15) is 38.5 Å². The summed E-state index contributed by atoms with van der Waals surface area (Å²) in [5, 5.41) is 0. The zero-order chi connectivity index (χ0) is 11.2. The van der Waals surface area contributed by atoms with Crippen LogP contribution < -0.4 is 5.73 Å². The lowest BCUT2D eigenvalue weighted by Crippen LogP contribution is -2.44. The van der Waals surface area contributed by atoms with Crippen molar-refractivity contribution < 1.29 is 0 Å². The van der Waals surface area contributed by atoms with Gasteiger partial charge in [-0.15, -0.1) is 0 Å². The largest absolute Gasteiger partial charge is 0.330 e. The molecule has 0 aromatic heterocycles. The summed E-state index contributed by atoms with van der Waals surface area (Å²) in [5.74, 6) is 0. The van der Waals surface area contributed by atoms with Gasteiger partial charge in [-0.2, -0.15) is 0 Å². The summed E-state index contributed by atoms with van der Waals surface area (Å²) in [7, 11) is 0. The van der Waals surface area contributed by atoms with Gasteiger partial charge < -0.3 is 10.6 Å². The Bertz CT molecular complexity index is 188. The quantitative estimate of drug-likeness (QED) is 0.765. The van der Waals surface area contributed by atoms with Crippen molar-refractivity contribution in [2.75, 3.05) is 39.3 Å². The number of likely N-dealkylation sites (tertiary alicyclic amines) is 2. The molecule has 0 bridgehead atoms. The third kappa shape index (κ3) is 3.44. The molecule has 2 rings (SSSR count). The molecule has 94 valence electrons. The first kappa shape index (κ1) is 12.3. The zero-order valence-corrected chi connectivity index (χ0v) is 10.5. The van der Waals surface area contributed by atoms with Gasteiger partial charge in [0.25, 0.3) is 0 Å². The fraction of sp³-hybridized carbons (Fsp3) is 1.00. The van der Waals surface area contributed by atoms with Crippen LogP contribution in [0, 0.1) is 0 Å². The minimum Gasteiger partial charge on any atom is -0.330 e. The topological polar surface area (TPSA) is 32.5 Å². The van der Waals surface area contributed by atoms with Gasteiger partial charge in [0.1, 0.15) is 0 Å². The van der Waals surface area contributed by atoms with Crippen LogP contribution in [0.3, 0.4) is 0 Å². The Labute approximate surface area is 100.0 Å². The third-order valence-corrected chi connectivity index (χ3v) is 4.15. The van der Waals surface area contributed by atoms with E-state index in [0.29, 0.717) is 0 Å². The second-order valence-electron chi connectivity index (χ2n) is 5.31. The fourth-order valence-corrected chi connectivity index (χ4v) is 3.15. The highest BCUT2D eigenvalue weighted by Gasteiger charge is 2.22. The van der Waals surface area contributed by atoms with Gasteiger partial charge in [-0.05, 0) is 58.3 Å². The first-order chi connectivity index (χ1) is 7.90. The molecule has 2 N–H and O–H groups in total. The Hall–Kier alpha value is -0.120. The lowest BCUT2D eigenvalue weighted by atomic mass is 9.99. The summed E-state index contributed by atoms with van der Waals surface area (Å²) < 4.78 is 0. The van der Waals surface area contributed by atoms with E-state index in [4.69, 9.17) is 5.73 Å². The minimum atomic E-state index is 0.779. The summed E-state index contributed by atoms with van der Waals surface area (Å²) in [4.78, 5) is 5.31. The van der Waals surface area contributed by atoms with Gasteiger partial charge in [-0.3, -0.25) is 4.90 Å². The highest BCUT2D eigenvalue weighted by molar-refractivity contribution is 4.78. The van der Waals surface area contributed by atoms with Crippen LogP contribution in [0.2, 0.25) is 0 Å². The van der Waals surface area contributed by atoms with Crippen LogP contribution in [0.5, 0.6) is 0 Å². The molecule has 0 aromatic rings. The van der Waals surface area contributed by atoms with Gasteiger partial charge >= 0.3 is 0 Å². The Kier molecular flexibility index (Phi) is 5.07. The molecule has 0 aromatic carbocycles. The summed E-state index contributed by atoms with van der Waals surface area (Å²) >= 11 is 0. The van der Waals surface area contributed by atoms with E-state index in [-0.39, 0.29) is 0 Å². The van der Waals surface area contributed by atoms with Gasteiger partial charge in [0, 0.05) is 19.1 Å². The first-order valence-electron chi connectivity index (χ1n) is 7.06. The van der Waals surface area contributed by atoms with Crippen LogP contribution in [-0.4, -0.2) is 55.1 Å². The van der Waals surface area contributed by atoms with Crippen molar-refractivity contribution in [3.8, 4) is 0 Å². The molecule has 0 spiro atoms. The summed E-state index contributed by atoms with van der Waals surface area (Å²) in [5.41, 5.74) is 5.70. The summed E-state index contributed by atoms with van der Waals surface area (Å²) in [6.45, 7) is 7.36. The van der Waals surface area contributed by atoms with Crippen molar-refractivity contribution in [2.24, 2.45) is 5.73 Å². The van der Waals surface area contributed by atoms with Crippen molar-refractivity contribution >= 4 is 0 Å². The molecule has 0 aliphatic carbocycles. The molecule has 0 radical (unpaired) electrons. The van der Waals surface area contributed by atoms with E-state index in [1.165, 1.54) is 71.2 Å². The van der Waals surface area contributed by atoms with Crippen molar-refractivity contribution in [2.45, 2.75) is 44.6 Å². The van der Waals surface area contributed by atoms with Crippen molar-refractivity contribution in [3.63, 3.8) is 0 Å². The van der Waals surface area contributed by atoms with Crippen LogP contribution in [-0.2, 0) is 0 Å².